The highest BCUT2D eigenvalue weighted by atomic mass is 32.2. The summed E-state index contributed by atoms with van der Waals surface area (Å²) in [5.41, 5.74) is 0.198. The molecule has 2 rings (SSSR count). The molecule has 130 valence electrons. The van der Waals surface area contributed by atoms with Crippen molar-refractivity contribution in [2.45, 2.75) is 19.8 Å². The molecule has 0 saturated carbocycles. The van der Waals surface area contributed by atoms with Crippen molar-refractivity contribution in [1.82, 2.24) is 9.21 Å². The molecular weight excluding hydrogens is 304 g/mol. The standard InChI is InChI=1S/C15H30N2O4S/c1-4-22(18,19)17-7-5-15(6-8-17)13-16(9-10-20-2)11-14(15)12-21-3/h14H,4-13H2,1-3H3. The Labute approximate surface area is 134 Å². The normalized spacial score (nSPS) is 26.8. The van der Waals surface area contributed by atoms with Crippen LogP contribution in [-0.2, 0) is 19.5 Å². The predicted molar refractivity (Wildman–Crippen MR) is 86.4 cm³/mol. The Morgan fingerprint density at radius 1 is 1.18 bits per heavy atom. The minimum Gasteiger partial charge on any atom is -0.384 e. The molecule has 0 aromatic carbocycles. The van der Waals surface area contributed by atoms with Crippen molar-refractivity contribution < 1.29 is 17.9 Å². The van der Waals surface area contributed by atoms with Crippen molar-refractivity contribution >= 4 is 10.0 Å². The molecule has 1 spiro atoms. The molecule has 2 fully saturated rings. The average molecular weight is 334 g/mol. The molecule has 0 aromatic rings. The molecule has 6 nitrogen and oxygen atoms in total. The van der Waals surface area contributed by atoms with Crippen molar-refractivity contribution in [2.24, 2.45) is 11.3 Å². The second kappa shape index (κ2) is 7.57. The van der Waals surface area contributed by atoms with Crippen LogP contribution in [0.2, 0.25) is 0 Å². The van der Waals surface area contributed by atoms with Crippen molar-refractivity contribution in [3.63, 3.8) is 0 Å². The first-order chi connectivity index (χ1) is 10.5. The number of piperidine rings is 1. The number of ether oxygens (including phenoxy) is 2. The SMILES string of the molecule is CCS(=O)(=O)N1CCC2(CC1)CN(CCOC)CC2COC. The number of hydrogen-bond donors (Lipinski definition) is 0. The summed E-state index contributed by atoms with van der Waals surface area (Å²) in [6.07, 6.45) is 1.87. The third kappa shape index (κ3) is 3.82. The molecule has 2 saturated heterocycles. The van der Waals surface area contributed by atoms with Gasteiger partial charge in [0.15, 0.2) is 0 Å². The molecule has 0 aliphatic carbocycles. The first-order valence-corrected chi connectivity index (χ1v) is 9.76. The topological polar surface area (TPSA) is 59.1 Å². The van der Waals surface area contributed by atoms with Crippen molar-refractivity contribution in [3.8, 4) is 0 Å². The second-order valence-electron chi connectivity index (χ2n) is 6.54. The maximum Gasteiger partial charge on any atom is 0.213 e. The lowest BCUT2D eigenvalue weighted by atomic mass is 9.71. The molecule has 22 heavy (non-hydrogen) atoms. The zero-order valence-electron chi connectivity index (χ0n) is 14.1. The molecule has 2 aliphatic rings. The zero-order chi connectivity index (χ0) is 16.2. The van der Waals surface area contributed by atoms with Gasteiger partial charge in [-0.05, 0) is 25.2 Å². The van der Waals surface area contributed by atoms with Gasteiger partial charge in [0.2, 0.25) is 10.0 Å². The summed E-state index contributed by atoms with van der Waals surface area (Å²) in [6, 6.07) is 0. The smallest absolute Gasteiger partial charge is 0.213 e. The fraction of sp³-hybridized carbons (Fsp3) is 1.00. The largest absolute Gasteiger partial charge is 0.384 e. The van der Waals surface area contributed by atoms with Crippen LogP contribution in [0.1, 0.15) is 19.8 Å². The summed E-state index contributed by atoms with van der Waals surface area (Å²) in [4.78, 5) is 2.44. The van der Waals surface area contributed by atoms with Crippen LogP contribution >= 0.6 is 0 Å². The highest BCUT2D eigenvalue weighted by Crippen LogP contribution is 2.45. The average Bonchev–Trinajstić information content (AvgIpc) is 2.83. The van der Waals surface area contributed by atoms with E-state index in [9.17, 15) is 8.42 Å². The summed E-state index contributed by atoms with van der Waals surface area (Å²) >= 11 is 0. The van der Waals surface area contributed by atoms with E-state index in [0.29, 0.717) is 19.0 Å². The number of sulfonamides is 1. The van der Waals surface area contributed by atoms with Gasteiger partial charge < -0.3 is 14.4 Å². The van der Waals surface area contributed by atoms with Crippen LogP contribution in [0.4, 0.5) is 0 Å². The fourth-order valence-electron chi connectivity index (χ4n) is 3.92. The Bertz CT molecular complexity index is 446. The van der Waals surface area contributed by atoms with Crippen LogP contribution in [0.5, 0.6) is 0 Å². The maximum atomic E-state index is 12.0. The number of rotatable bonds is 7. The Kier molecular flexibility index (Phi) is 6.24. The third-order valence-corrected chi connectivity index (χ3v) is 7.22. The Balaban J connectivity index is 2.02. The summed E-state index contributed by atoms with van der Waals surface area (Å²) in [5, 5.41) is 0. The maximum absolute atomic E-state index is 12.0. The quantitative estimate of drug-likeness (QED) is 0.684. The molecule has 0 radical (unpaired) electrons. The van der Waals surface area contributed by atoms with Gasteiger partial charge in [-0.2, -0.15) is 0 Å². The predicted octanol–water partition coefficient (Wildman–Crippen LogP) is 0.643. The van der Waals surface area contributed by atoms with Gasteiger partial charge in [-0.25, -0.2) is 12.7 Å². The summed E-state index contributed by atoms with van der Waals surface area (Å²) in [7, 11) is 0.424. The molecule has 0 bridgehead atoms. The summed E-state index contributed by atoms with van der Waals surface area (Å²) < 4.78 is 36.4. The molecule has 0 aromatic heterocycles. The summed E-state index contributed by atoms with van der Waals surface area (Å²) in [6.45, 7) is 7.51. The number of nitrogens with zero attached hydrogens (tertiary/aromatic N) is 2. The zero-order valence-corrected chi connectivity index (χ0v) is 14.9. The number of hydrogen-bond acceptors (Lipinski definition) is 5. The third-order valence-electron chi connectivity index (χ3n) is 5.34. The minimum absolute atomic E-state index is 0.196. The van der Waals surface area contributed by atoms with Crippen LogP contribution < -0.4 is 0 Å². The van der Waals surface area contributed by atoms with E-state index in [1.54, 1.807) is 25.4 Å². The van der Waals surface area contributed by atoms with Crippen molar-refractivity contribution in [3.05, 3.63) is 0 Å². The Morgan fingerprint density at radius 2 is 1.86 bits per heavy atom. The van der Waals surface area contributed by atoms with Gasteiger partial charge in [0.25, 0.3) is 0 Å². The molecule has 0 N–H and O–H groups in total. The van der Waals surface area contributed by atoms with Crippen LogP contribution in [0, 0.1) is 11.3 Å². The summed E-state index contributed by atoms with van der Waals surface area (Å²) in [5.74, 6) is 0.683. The van der Waals surface area contributed by atoms with E-state index in [2.05, 4.69) is 4.90 Å². The van der Waals surface area contributed by atoms with Gasteiger partial charge in [-0.1, -0.05) is 0 Å². The number of likely N-dealkylation sites (tertiary alicyclic amines) is 1. The van der Waals surface area contributed by atoms with Gasteiger partial charge in [0, 0.05) is 52.9 Å². The Hall–Kier alpha value is -0.210. The fourth-order valence-corrected chi connectivity index (χ4v) is 5.03. The van der Waals surface area contributed by atoms with E-state index in [0.717, 1.165) is 45.7 Å². The highest BCUT2D eigenvalue weighted by Gasteiger charge is 2.48. The van der Waals surface area contributed by atoms with Gasteiger partial charge in [-0.15, -0.1) is 0 Å². The molecular formula is C15H30N2O4S. The number of methoxy groups -OCH3 is 2. The second-order valence-corrected chi connectivity index (χ2v) is 8.80. The van der Waals surface area contributed by atoms with E-state index in [1.807, 2.05) is 0 Å². The molecule has 1 atom stereocenters. The molecule has 1 unspecified atom stereocenters. The van der Waals surface area contributed by atoms with Gasteiger partial charge in [0.1, 0.15) is 0 Å². The lowest BCUT2D eigenvalue weighted by Crippen LogP contribution is -2.47. The lowest BCUT2D eigenvalue weighted by Gasteiger charge is -2.42. The van der Waals surface area contributed by atoms with Gasteiger partial charge in [-0.3, -0.25) is 0 Å². The molecule has 2 aliphatic heterocycles. The van der Waals surface area contributed by atoms with Crippen molar-refractivity contribution in [2.75, 3.05) is 65.9 Å². The lowest BCUT2D eigenvalue weighted by molar-refractivity contribution is 0.0566. The molecule has 2 heterocycles. The van der Waals surface area contributed by atoms with Crippen LogP contribution in [0.15, 0.2) is 0 Å². The van der Waals surface area contributed by atoms with E-state index in [-0.39, 0.29) is 11.2 Å². The van der Waals surface area contributed by atoms with E-state index in [4.69, 9.17) is 9.47 Å². The van der Waals surface area contributed by atoms with Crippen LogP contribution in [0.25, 0.3) is 0 Å². The van der Waals surface area contributed by atoms with Crippen molar-refractivity contribution in [1.29, 1.82) is 0 Å². The minimum atomic E-state index is -3.06. The highest BCUT2D eigenvalue weighted by molar-refractivity contribution is 7.89. The van der Waals surface area contributed by atoms with E-state index >= 15 is 0 Å². The molecule has 7 heteroatoms. The van der Waals surface area contributed by atoms with Gasteiger partial charge in [0.05, 0.1) is 19.0 Å². The van der Waals surface area contributed by atoms with Gasteiger partial charge >= 0.3 is 0 Å². The van der Waals surface area contributed by atoms with Crippen LogP contribution in [0.3, 0.4) is 0 Å². The van der Waals surface area contributed by atoms with E-state index < -0.39 is 10.0 Å². The first kappa shape index (κ1) is 18.1. The van der Waals surface area contributed by atoms with E-state index in [1.165, 1.54) is 0 Å². The Morgan fingerprint density at radius 3 is 2.41 bits per heavy atom. The molecule has 0 amide bonds. The monoisotopic (exact) mass is 334 g/mol. The first-order valence-electron chi connectivity index (χ1n) is 8.15. The van der Waals surface area contributed by atoms with Crippen LogP contribution in [-0.4, -0.2) is 83.5 Å².